The quantitative estimate of drug-likeness (QED) is 0.802. The predicted octanol–water partition coefficient (Wildman–Crippen LogP) is 1.65. The van der Waals surface area contributed by atoms with Crippen molar-refractivity contribution < 1.29 is 14.6 Å². The van der Waals surface area contributed by atoms with Crippen LogP contribution in [-0.4, -0.2) is 54.8 Å². The minimum atomic E-state index is -0.577. The summed E-state index contributed by atoms with van der Waals surface area (Å²) in [6.45, 7) is 6.96. The maximum absolute atomic E-state index is 12.2. The van der Waals surface area contributed by atoms with Crippen molar-refractivity contribution in [3.05, 3.63) is 35.4 Å². The van der Waals surface area contributed by atoms with Gasteiger partial charge in [-0.1, -0.05) is 36.8 Å². The highest BCUT2D eigenvalue weighted by molar-refractivity contribution is 5.78. The SMILES string of the molecule is CCN(CC(=O)NC1CCOCC1)C[C@H](O)c1ccc(C)cc1. The summed E-state index contributed by atoms with van der Waals surface area (Å²) in [5, 5.41) is 13.4. The fourth-order valence-electron chi connectivity index (χ4n) is 2.76. The van der Waals surface area contributed by atoms with Crippen molar-refractivity contribution in [2.45, 2.75) is 38.8 Å². The first-order valence-corrected chi connectivity index (χ1v) is 8.42. The van der Waals surface area contributed by atoms with E-state index in [2.05, 4.69) is 5.32 Å². The van der Waals surface area contributed by atoms with Gasteiger partial charge in [0.15, 0.2) is 0 Å². The van der Waals surface area contributed by atoms with Gasteiger partial charge in [0.2, 0.25) is 5.91 Å². The lowest BCUT2D eigenvalue weighted by Gasteiger charge is -2.26. The van der Waals surface area contributed by atoms with Gasteiger partial charge in [-0.3, -0.25) is 9.69 Å². The molecule has 1 aliphatic rings. The van der Waals surface area contributed by atoms with Gasteiger partial charge in [-0.2, -0.15) is 0 Å². The van der Waals surface area contributed by atoms with Crippen LogP contribution in [0.3, 0.4) is 0 Å². The molecule has 5 nitrogen and oxygen atoms in total. The van der Waals surface area contributed by atoms with E-state index in [1.54, 1.807) is 0 Å². The van der Waals surface area contributed by atoms with Crippen LogP contribution in [0.2, 0.25) is 0 Å². The maximum atomic E-state index is 12.2. The second-order valence-corrected chi connectivity index (χ2v) is 6.21. The Balaban J connectivity index is 1.81. The molecule has 1 fully saturated rings. The van der Waals surface area contributed by atoms with Crippen LogP contribution < -0.4 is 5.32 Å². The van der Waals surface area contributed by atoms with Crippen LogP contribution in [0.15, 0.2) is 24.3 Å². The minimum Gasteiger partial charge on any atom is -0.387 e. The first-order chi connectivity index (χ1) is 11.1. The van der Waals surface area contributed by atoms with E-state index in [4.69, 9.17) is 4.74 Å². The fourth-order valence-corrected chi connectivity index (χ4v) is 2.76. The molecular formula is C18H28N2O3. The van der Waals surface area contributed by atoms with Crippen molar-refractivity contribution >= 4 is 5.91 Å². The van der Waals surface area contributed by atoms with Crippen LogP contribution in [0.1, 0.15) is 37.0 Å². The molecule has 1 aromatic carbocycles. The topological polar surface area (TPSA) is 61.8 Å². The first kappa shape index (κ1) is 17.9. The Labute approximate surface area is 138 Å². The number of amides is 1. The number of aryl methyl sites for hydroxylation is 1. The number of hydrogen-bond acceptors (Lipinski definition) is 4. The van der Waals surface area contributed by atoms with E-state index in [0.717, 1.165) is 24.9 Å². The number of carbonyl (C=O) groups excluding carboxylic acids is 1. The van der Waals surface area contributed by atoms with Gasteiger partial charge in [-0.15, -0.1) is 0 Å². The van der Waals surface area contributed by atoms with Gasteiger partial charge in [0.05, 0.1) is 12.6 Å². The number of nitrogens with one attached hydrogen (secondary N) is 1. The molecule has 0 aromatic heterocycles. The van der Waals surface area contributed by atoms with E-state index >= 15 is 0 Å². The predicted molar refractivity (Wildman–Crippen MR) is 90.2 cm³/mol. The highest BCUT2D eigenvalue weighted by Gasteiger charge is 2.19. The van der Waals surface area contributed by atoms with Crippen molar-refractivity contribution in [1.82, 2.24) is 10.2 Å². The van der Waals surface area contributed by atoms with Gasteiger partial charge in [-0.05, 0) is 31.9 Å². The van der Waals surface area contributed by atoms with Crippen LogP contribution in [-0.2, 0) is 9.53 Å². The zero-order chi connectivity index (χ0) is 16.7. The molecule has 0 bridgehead atoms. The molecule has 0 spiro atoms. The number of nitrogens with zero attached hydrogens (tertiary/aromatic N) is 1. The molecule has 1 atom stereocenters. The van der Waals surface area contributed by atoms with Crippen LogP contribution in [0, 0.1) is 6.92 Å². The van der Waals surface area contributed by atoms with E-state index in [1.807, 2.05) is 43.0 Å². The molecule has 0 unspecified atom stereocenters. The Morgan fingerprint density at radius 2 is 2.00 bits per heavy atom. The Kier molecular flexibility index (Phi) is 7.02. The van der Waals surface area contributed by atoms with Gasteiger partial charge < -0.3 is 15.2 Å². The highest BCUT2D eigenvalue weighted by Crippen LogP contribution is 2.15. The zero-order valence-electron chi connectivity index (χ0n) is 14.1. The van der Waals surface area contributed by atoms with Crippen LogP contribution in [0.5, 0.6) is 0 Å². The van der Waals surface area contributed by atoms with E-state index in [1.165, 1.54) is 5.56 Å². The third-order valence-electron chi connectivity index (χ3n) is 4.29. The van der Waals surface area contributed by atoms with Crippen molar-refractivity contribution in [2.75, 3.05) is 32.8 Å². The Bertz CT molecular complexity index is 484. The number of carbonyl (C=O) groups is 1. The minimum absolute atomic E-state index is 0.0230. The number of aliphatic hydroxyl groups is 1. The Morgan fingerprint density at radius 1 is 1.35 bits per heavy atom. The van der Waals surface area contributed by atoms with Crippen molar-refractivity contribution in [3.63, 3.8) is 0 Å². The number of rotatable bonds is 7. The molecule has 1 heterocycles. The molecule has 0 aliphatic carbocycles. The summed E-state index contributed by atoms with van der Waals surface area (Å²) in [6.07, 6.45) is 1.18. The third kappa shape index (κ3) is 5.94. The monoisotopic (exact) mass is 320 g/mol. The largest absolute Gasteiger partial charge is 0.387 e. The Hall–Kier alpha value is -1.43. The second kappa shape index (κ2) is 9.01. The number of likely N-dealkylation sites (N-methyl/N-ethyl adjacent to an activating group) is 1. The molecule has 1 amide bonds. The maximum Gasteiger partial charge on any atom is 0.234 e. The fraction of sp³-hybridized carbons (Fsp3) is 0.611. The molecule has 0 saturated carbocycles. The molecule has 2 N–H and O–H groups in total. The van der Waals surface area contributed by atoms with E-state index in [0.29, 0.717) is 26.3 Å². The lowest BCUT2D eigenvalue weighted by molar-refractivity contribution is -0.123. The Morgan fingerprint density at radius 3 is 2.61 bits per heavy atom. The molecule has 128 valence electrons. The zero-order valence-corrected chi connectivity index (χ0v) is 14.1. The average Bonchev–Trinajstić information content (AvgIpc) is 2.55. The summed E-state index contributed by atoms with van der Waals surface area (Å²) in [4.78, 5) is 14.1. The number of benzene rings is 1. The van der Waals surface area contributed by atoms with Gasteiger partial charge >= 0.3 is 0 Å². The average molecular weight is 320 g/mol. The van der Waals surface area contributed by atoms with Crippen molar-refractivity contribution in [1.29, 1.82) is 0 Å². The summed E-state index contributed by atoms with van der Waals surface area (Å²) in [7, 11) is 0. The van der Waals surface area contributed by atoms with E-state index in [9.17, 15) is 9.90 Å². The molecular weight excluding hydrogens is 292 g/mol. The molecule has 1 aliphatic heterocycles. The van der Waals surface area contributed by atoms with Gasteiger partial charge in [0.25, 0.3) is 0 Å². The first-order valence-electron chi connectivity index (χ1n) is 8.42. The summed E-state index contributed by atoms with van der Waals surface area (Å²) in [6, 6.07) is 8.09. The molecule has 1 aromatic rings. The van der Waals surface area contributed by atoms with Crippen molar-refractivity contribution in [3.8, 4) is 0 Å². The lowest BCUT2D eigenvalue weighted by Crippen LogP contribution is -2.45. The lowest BCUT2D eigenvalue weighted by atomic mass is 10.1. The molecule has 5 heteroatoms. The summed E-state index contributed by atoms with van der Waals surface area (Å²) < 4.78 is 5.30. The van der Waals surface area contributed by atoms with Crippen LogP contribution in [0.25, 0.3) is 0 Å². The van der Waals surface area contributed by atoms with Gasteiger partial charge in [0.1, 0.15) is 0 Å². The summed E-state index contributed by atoms with van der Waals surface area (Å²) in [5.41, 5.74) is 2.06. The van der Waals surface area contributed by atoms with Crippen LogP contribution >= 0.6 is 0 Å². The molecule has 1 saturated heterocycles. The van der Waals surface area contributed by atoms with Crippen LogP contribution in [0.4, 0.5) is 0 Å². The number of aliphatic hydroxyl groups excluding tert-OH is 1. The number of hydrogen-bond donors (Lipinski definition) is 2. The normalized spacial score (nSPS) is 17.2. The highest BCUT2D eigenvalue weighted by atomic mass is 16.5. The van der Waals surface area contributed by atoms with E-state index in [-0.39, 0.29) is 11.9 Å². The summed E-state index contributed by atoms with van der Waals surface area (Å²) in [5.74, 6) is 0.0230. The molecule has 23 heavy (non-hydrogen) atoms. The molecule has 2 rings (SSSR count). The standard InChI is InChI=1S/C18H28N2O3/c1-3-20(12-17(21)15-6-4-14(2)5-7-15)13-18(22)19-16-8-10-23-11-9-16/h4-7,16-17,21H,3,8-13H2,1-2H3,(H,19,22)/t17-/m0/s1. The van der Waals surface area contributed by atoms with Gasteiger partial charge in [0, 0.05) is 25.8 Å². The number of ether oxygens (including phenoxy) is 1. The van der Waals surface area contributed by atoms with Gasteiger partial charge in [-0.25, -0.2) is 0 Å². The third-order valence-corrected chi connectivity index (χ3v) is 4.29. The van der Waals surface area contributed by atoms with Crippen molar-refractivity contribution in [2.24, 2.45) is 0 Å². The smallest absolute Gasteiger partial charge is 0.234 e. The molecule has 0 radical (unpaired) electrons. The summed E-state index contributed by atoms with van der Waals surface area (Å²) >= 11 is 0. The second-order valence-electron chi connectivity index (χ2n) is 6.21. The van der Waals surface area contributed by atoms with E-state index < -0.39 is 6.10 Å².